The summed E-state index contributed by atoms with van der Waals surface area (Å²) in [6.07, 6.45) is 3.83. The zero-order chi connectivity index (χ0) is 16.8. The number of fused-ring (bicyclic) bond motifs is 1. The first-order chi connectivity index (χ1) is 11.7. The number of rotatable bonds is 6. The van der Waals surface area contributed by atoms with Gasteiger partial charge < -0.3 is 10.1 Å². The van der Waals surface area contributed by atoms with Gasteiger partial charge in [-0.1, -0.05) is 24.3 Å². The number of para-hydroxylation sites is 1. The number of ether oxygens (including phenoxy) is 1. The Hall–Kier alpha value is -3.15. The molecular formula is C18H17N3O3. The van der Waals surface area contributed by atoms with Gasteiger partial charge in [0.2, 0.25) is 5.91 Å². The number of aromatic nitrogens is 2. The number of pyridine rings is 1. The Morgan fingerprint density at radius 2 is 1.92 bits per heavy atom. The zero-order valence-electron chi connectivity index (χ0n) is 13.0. The molecule has 1 amide bonds. The lowest BCUT2D eigenvalue weighted by molar-refractivity contribution is -0.116. The summed E-state index contributed by atoms with van der Waals surface area (Å²) in [4.78, 5) is 28.4. The van der Waals surface area contributed by atoms with Gasteiger partial charge in [0.1, 0.15) is 17.1 Å². The molecule has 24 heavy (non-hydrogen) atoms. The van der Waals surface area contributed by atoms with Crippen LogP contribution >= 0.6 is 0 Å². The van der Waals surface area contributed by atoms with Crippen molar-refractivity contribution in [3.8, 4) is 5.75 Å². The van der Waals surface area contributed by atoms with Gasteiger partial charge in [-0.25, -0.2) is 4.98 Å². The molecule has 0 saturated heterocycles. The van der Waals surface area contributed by atoms with E-state index in [0.29, 0.717) is 18.7 Å². The van der Waals surface area contributed by atoms with Crippen molar-refractivity contribution in [2.75, 3.05) is 11.9 Å². The number of hydrogen-bond donors (Lipinski definition) is 1. The van der Waals surface area contributed by atoms with Gasteiger partial charge in [0, 0.05) is 12.6 Å². The van der Waals surface area contributed by atoms with E-state index in [0.717, 1.165) is 5.75 Å². The summed E-state index contributed by atoms with van der Waals surface area (Å²) >= 11 is 0. The zero-order valence-corrected chi connectivity index (χ0v) is 13.0. The summed E-state index contributed by atoms with van der Waals surface area (Å²) in [5, 5.41) is 2.61. The van der Waals surface area contributed by atoms with Gasteiger partial charge in [-0.05, 0) is 30.7 Å². The van der Waals surface area contributed by atoms with Crippen LogP contribution in [0.25, 0.3) is 5.65 Å². The fourth-order valence-corrected chi connectivity index (χ4v) is 2.26. The van der Waals surface area contributed by atoms with Crippen LogP contribution in [-0.4, -0.2) is 21.9 Å². The minimum atomic E-state index is -0.297. The van der Waals surface area contributed by atoms with Crippen molar-refractivity contribution >= 4 is 17.2 Å². The van der Waals surface area contributed by atoms with Gasteiger partial charge >= 0.3 is 0 Å². The molecule has 1 N–H and O–H groups in total. The minimum Gasteiger partial charge on any atom is -0.494 e. The summed E-state index contributed by atoms with van der Waals surface area (Å²) in [6.45, 7) is 0.437. The van der Waals surface area contributed by atoms with Crippen molar-refractivity contribution in [2.24, 2.45) is 0 Å². The van der Waals surface area contributed by atoms with E-state index in [1.807, 2.05) is 30.3 Å². The van der Waals surface area contributed by atoms with Gasteiger partial charge in [0.15, 0.2) is 0 Å². The minimum absolute atomic E-state index is 0.174. The molecule has 1 aromatic carbocycles. The second-order valence-electron chi connectivity index (χ2n) is 5.22. The molecule has 3 rings (SSSR count). The van der Waals surface area contributed by atoms with Crippen LogP contribution in [0.15, 0.2) is 65.7 Å². The third-order valence-corrected chi connectivity index (χ3v) is 3.45. The van der Waals surface area contributed by atoms with Crippen LogP contribution in [-0.2, 0) is 4.79 Å². The van der Waals surface area contributed by atoms with Gasteiger partial charge in [-0.2, -0.15) is 0 Å². The molecule has 2 heterocycles. The molecule has 122 valence electrons. The van der Waals surface area contributed by atoms with Crippen molar-refractivity contribution in [3.05, 3.63) is 71.3 Å². The topological polar surface area (TPSA) is 72.7 Å². The van der Waals surface area contributed by atoms with E-state index in [2.05, 4.69) is 10.3 Å². The summed E-state index contributed by atoms with van der Waals surface area (Å²) in [7, 11) is 0. The second-order valence-corrected chi connectivity index (χ2v) is 5.22. The van der Waals surface area contributed by atoms with Gasteiger partial charge in [-0.3, -0.25) is 14.0 Å². The predicted molar refractivity (Wildman–Crippen MR) is 91.3 cm³/mol. The Balaban J connectivity index is 1.53. The van der Waals surface area contributed by atoms with E-state index < -0.39 is 0 Å². The number of carbonyl (C=O) groups excluding carboxylic acids is 1. The van der Waals surface area contributed by atoms with Crippen molar-refractivity contribution in [1.82, 2.24) is 9.38 Å². The normalized spacial score (nSPS) is 10.5. The first-order valence-electron chi connectivity index (χ1n) is 7.68. The molecule has 0 bridgehead atoms. The Labute approximate surface area is 138 Å². The quantitative estimate of drug-likeness (QED) is 0.707. The standard InChI is InChI=1S/C18H17N3O3/c22-17(10-6-12-24-14-7-2-1-3-8-14)20-15-13-19-16-9-4-5-11-21(16)18(15)23/h1-5,7-9,11,13H,6,10,12H2,(H,20,22). The fourth-order valence-electron chi connectivity index (χ4n) is 2.26. The molecule has 0 aliphatic heterocycles. The maximum Gasteiger partial charge on any atom is 0.281 e. The second kappa shape index (κ2) is 7.41. The SMILES string of the molecule is O=C(CCCOc1ccccc1)Nc1cnc2ccccn2c1=O. The van der Waals surface area contributed by atoms with E-state index in [9.17, 15) is 9.59 Å². The summed E-state index contributed by atoms with van der Waals surface area (Å²) < 4.78 is 6.93. The van der Waals surface area contributed by atoms with Crippen LogP contribution in [0.1, 0.15) is 12.8 Å². The largest absolute Gasteiger partial charge is 0.494 e. The number of hydrogen-bond acceptors (Lipinski definition) is 4. The van der Waals surface area contributed by atoms with Crippen LogP contribution < -0.4 is 15.6 Å². The van der Waals surface area contributed by atoms with E-state index in [1.54, 1.807) is 24.4 Å². The molecule has 0 radical (unpaired) electrons. The first-order valence-corrected chi connectivity index (χ1v) is 7.68. The Morgan fingerprint density at radius 1 is 1.12 bits per heavy atom. The van der Waals surface area contributed by atoms with Gasteiger partial charge in [0.25, 0.3) is 5.56 Å². The van der Waals surface area contributed by atoms with Crippen LogP contribution in [0, 0.1) is 0 Å². The van der Waals surface area contributed by atoms with Crippen LogP contribution in [0.4, 0.5) is 5.69 Å². The molecule has 0 atom stereocenters. The van der Waals surface area contributed by atoms with Gasteiger partial charge in [-0.15, -0.1) is 0 Å². The maximum absolute atomic E-state index is 12.3. The predicted octanol–water partition coefficient (Wildman–Crippen LogP) is 2.49. The third kappa shape index (κ3) is 3.78. The van der Waals surface area contributed by atoms with Crippen molar-refractivity contribution in [2.45, 2.75) is 12.8 Å². The summed E-state index contributed by atoms with van der Waals surface area (Å²) in [6, 6.07) is 14.7. The van der Waals surface area contributed by atoms with Crippen LogP contribution in [0.3, 0.4) is 0 Å². The number of nitrogens with zero attached hydrogens (tertiary/aromatic N) is 2. The molecule has 0 saturated carbocycles. The Morgan fingerprint density at radius 3 is 2.75 bits per heavy atom. The van der Waals surface area contributed by atoms with Crippen molar-refractivity contribution < 1.29 is 9.53 Å². The molecule has 2 aromatic heterocycles. The molecule has 3 aromatic rings. The highest BCUT2D eigenvalue weighted by molar-refractivity contribution is 5.90. The lowest BCUT2D eigenvalue weighted by Crippen LogP contribution is -2.23. The lowest BCUT2D eigenvalue weighted by Gasteiger charge is -2.07. The molecule has 0 aliphatic carbocycles. The summed E-state index contributed by atoms with van der Waals surface area (Å²) in [5.41, 5.74) is 0.416. The highest BCUT2D eigenvalue weighted by Crippen LogP contribution is 2.09. The van der Waals surface area contributed by atoms with E-state index >= 15 is 0 Å². The Bertz CT molecular complexity index is 891. The highest BCUT2D eigenvalue weighted by atomic mass is 16.5. The molecule has 0 aliphatic rings. The van der Waals surface area contributed by atoms with Crippen molar-refractivity contribution in [1.29, 1.82) is 0 Å². The van der Waals surface area contributed by atoms with Gasteiger partial charge in [0.05, 0.1) is 12.8 Å². The number of amides is 1. The molecule has 6 nitrogen and oxygen atoms in total. The van der Waals surface area contributed by atoms with Crippen LogP contribution in [0.5, 0.6) is 5.75 Å². The third-order valence-electron chi connectivity index (χ3n) is 3.45. The molecule has 0 fully saturated rings. The monoisotopic (exact) mass is 323 g/mol. The first kappa shape index (κ1) is 15.7. The molecular weight excluding hydrogens is 306 g/mol. The average molecular weight is 323 g/mol. The number of anilines is 1. The van der Waals surface area contributed by atoms with Crippen molar-refractivity contribution in [3.63, 3.8) is 0 Å². The lowest BCUT2D eigenvalue weighted by atomic mass is 10.3. The summed E-state index contributed by atoms with van der Waals surface area (Å²) in [5.74, 6) is 0.538. The van der Waals surface area contributed by atoms with E-state index in [4.69, 9.17) is 4.74 Å². The van der Waals surface area contributed by atoms with Crippen LogP contribution in [0.2, 0.25) is 0 Å². The number of nitrogens with one attached hydrogen (secondary N) is 1. The smallest absolute Gasteiger partial charge is 0.281 e. The molecule has 6 heteroatoms. The average Bonchev–Trinajstić information content (AvgIpc) is 2.62. The number of carbonyl (C=O) groups is 1. The fraction of sp³-hybridized carbons (Fsp3) is 0.167. The van der Waals surface area contributed by atoms with E-state index in [1.165, 1.54) is 10.6 Å². The van der Waals surface area contributed by atoms with E-state index in [-0.39, 0.29) is 23.6 Å². The maximum atomic E-state index is 12.3. The molecule has 0 unspecified atom stereocenters. The highest BCUT2D eigenvalue weighted by Gasteiger charge is 2.08. The Kier molecular flexibility index (Phi) is 4.86. The molecule has 0 spiro atoms. The number of benzene rings is 1.